The normalized spacial score (nSPS) is 41.3. The highest BCUT2D eigenvalue weighted by Gasteiger charge is 2.43. The lowest BCUT2D eigenvalue weighted by Gasteiger charge is -2.37. The van der Waals surface area contributed by atoms with E-state index in [1.165, 1.54) is 6.92 Å². The van der Waals surface area contributed by atoms with Crippen LogP contribution >= 0.6 is 0 Å². The predicted octanol–water partition coefficient (Wildman–Crippen LogP) is -2.65. The Balaban J connectivity index is 2.54. The molecule has 4 N–H and O–H groups in total. The quantitative estimate of drug-likeness (QED) is 0.377. The maximum Gasteiger partial charge on any atom is 0.302 e. The Hall–Kier alpha value is -0.730. The highest BCUT2D eigenvalue weighted by molar-refractivity contribution is 5.65. The van der Waals surface area contributed by atoms with Crippen LogP contribution in [-0.4, -0.2) is 63.7 Å². The SMILES string of the molecule is CC(=O)OC[C@H]1O[C@@H](O)[C@H](O)[C@H](O)[C@@H]1O. The van der Waals surface area contributed by atoms with Gasteiger partial charge in [0.1, 0.15) is 31.0 Å². The first-order chi connectivity index (χ1) is 6.93. The predicted molar refractivity (Wildman–Crippen MR) is 45.5 cm³/mol. The van der Waals surface area contributed by atoms with Gasteiger partial charge in [-0.05, 0) is 0 Å². The highest BCUT2D eigenvalue weighted by Crippen LogP contribution is 2.19. The number of hydrogen-bond acceptors (Lipinski definition) is 7. The van der Waals surface area contributed by atoms with E-state index in [1.807, 2.05) is 0 Å². The van der Waals surface area contributed by atoms with Gasteiger partial charge in [-0.25, -0.2) is 0 Å². The van der Waals surface area contributed by atoms with Crippen molar-refractivity contribution in [2.75, 3.05) is 6.61 Å². The second-order valence-electron chi connectivity index (χ2n) is 3.34. The van der Waals surface area contributed by atoms with Crippen LogP contribution < -0.4 is 0 Å². The topological polar surface area (TPSA) is 116 Å². The van der Waals surface area contributed by atoms with Crippen LogP contribution in [0.3, 0.4) is 0 Å². The van der Waals surface area contributed by atoms with Crippen molar-refractivity contribution in [3.05, 3.63) is 0 Å². The van der Waals surface area contributed by atoms with Crippen molar-refractivity contribution in [2.24, 2.45) is 0 Å². The van der Waals surface area contributed by atoms with E-state index in [1.54, 1.807) is 0 Å². The molecule has 0 aromatic heterocycles. The summed E-state index contributed by atoms with van der Waals surface area (Å²) >= 11 is 0. The molecule has 0 spiro atoms. The molecule has 88 valence electrons. The highest BCUT2D eigenvalue weighted by atomic mass is 16.6. The van der Waals surface area contributed by atoms with Crippen LogP contribution in [0.2, 0.25) is 0 Å². The lowest BCUT2D eigenvalue weighted by molar-refractivity contribution is -0.287. The average Bonchev–Trinajstić information content (AvgIpc) is 2.18. The molecule has 0 radical (unpaired) electrons. The Labute approximate surface area is 85.9 Å². The number of aliphatic hydroxyl groups excluding tert-OH is 4. The molecule has 0 bridgehead atoms. The summed E-state index contributed by atoms with van der Waals surface area (Å²) in [5.41, 5.74) is 0. The summed E-state index contributed by atoms with van der Waals surface area (Å²) in [6.07, 6.45) is -7.18. The Kier molecular flexibility index (Phi) is 4.00. The summed E-state index contributed by atoms with van der Waals surface area (Å²) in [7, 11) is 0. The fraction of sp³-hybridized carbons (Fsp3) is 0.875. The van der Waals surface area contributed by atoms with Gasteiger partial charge in [-0.1, -0.05) is 0 Å². The Morgan fingerprint density at radius 1 is 1.20 bits per heavy atom. The summed E-state index contributed by atoms with van der Waals surface area (Å²) in [6, 6.07) is 0. The second kappa shape index (κ2) is 4.86. The molecule has 15 heavy (non-hydrogen) atoms. The number of carbonyl (C=O) groups excluding carboxylic acids is 1. The van der Waals surface area contributed by atoms with Gasteiger partial charge in [0.25, 0.3) is 0 Å². The molecule has 0 saturated carbocycles. The molecule has 1 fully saturated rings. The van der Waals surface area contributed by atoms with Crippen molar-refractivity contribution in [1.29, 1.82) is 0 Å². The number of rotatable bonds is 2. The molecule has 1 aliphatic rings. The standard InChI is InChI=1S/C8H14O7/c1-3(9)14-2-4-5(10)6(11)7(12)8(13)15-4/h4-8,10-13H,2H2,1H3/t4-,5-,6-,7-,8-/m1/s1. The molecule has 0 unspecified atom stereocenters. The van der Waals surface area contributed by atoms with Gasteiger partial charge in [0, 0.05) is 6.92 Å². The summed E-state index contributed by atoms with van der Waals surface area (Å²) in [4.78, 5) is 10.5. The minimum Gasteiger partial charge on any atom is -0.463 e. The third-order valence-electron chi connectivity index (χ3n) is 2.14. The number of esters is 1. The van der Waals surface area contributed by atoms with Gasteiger partial charge in [-0.15, -0.1) is 0 Å². The third kappa shape index (κ3) is 2.86. The minimum atomic E-state index is -1.61. The molecule has 1 heterocycles. The van der Waals surface area contributed by atoms with E-state index in [0.29, 0.717) is 0 Å². The van der Waals surface area contributed by atoms with Crippen molar-refractivity contribution < 1.29 is 34.7 Å². The van der Waals surface area contributed by atoms with Crippen LogP contribution in [-0.2, 0) is 14.3 Å². The number of carbonyl (C=O) groups is 1. The van der Waals surface area contributed by atoms with Crippen molar-refractivity contribution in [1.82, 2.24) is 0 Å². The van der Waals surface area contributed by atoms with E-state index in [0.717, 1.165) is 0 Å². The molecule has 0 aliphatic carbocycles. The maximum absolute atomic E-state index is 10.5. The zero-order chi connectivity index (χ0) is 11.6. The van der Waals surface area contributed by atoms with E-state index < -0.39 is 36.7 Å². The molecule has 7 nitrogen and oxygen atoms in total. The van der Waals surface area contributed by atoms with E-state index in [-0.39, 0.29) is 6.61 Å². The van der Waals surface area contributed by atoms with E-state index in [2.05, 4.69) is 4.74 Å². The maximum atomic E-state index is 10.5. The van der Waals surface area contributed by atoms with Gasteiger partial charge in [-0.2, -0.15) is 0 Å². The van der Waals surface area contributed by atoms with Crippen LogP contribution in [0.5, 0.6) is 0 Å². The van der Waals surface area contributed by atoms with Crippen molar-refractivity contribution in [3.8, 4) is 0 Å². The molecule has 0 amide bonds. The van der Waals surface area contributed by atoms with Gasteiger partial charge in [0.05, 0.1) is 0 Å². The molecule has 5 atom stereocenters. The van der Waals surface area contributed by atoms with Crippen molar-refractivity contribution in [2.45, 2.75) is 37.6 Å². The van der Waals surface area contributed by atoms with Gasteiger partial charge in [0.15, 0.2) is 6.29 Å². The molecule has 7 heteroatoms. The van der Waals surface area contributed by atoms with Crippen LogP contribution in [0.4, 0.5) is 0 Å². The van der Waals surface area contributed by atoms with Gasteiger partial charge in [-0.3, -0.25) is 4.79 Å². The Morgan fingerprint density at radius 2 is 1.80 bits per heavy atom. The van der Waals surface area contributed by atoms with Crippen molar-refractivity contribution in [3.63, 3.8) is 0 Å². The fourth-order valence-corrected chi connectivity index (χ4v) is 1.27. The van der Waals surface area contributed by atoms with Crippen LogP contribution in [0, 0.1) is 0 Å². The zero-order valence-electron chi connectivity index (χ0n) is 8.11. The molecule has 1 rings (SSSR count). The lowest BCUT2D eigenvalue weighted by Crippen LogP contribution is -2.58. The lowest BCUT2D eigenvalue weighted by atomic mass is 9.99. The molecular formula is C8H14O7. The summed E-state index contributed by atoms with van der Waals surface area (Å²) in [5.74, 6) is -0.569. The zero-order valence-corrected chi connectivity index (χ0v) is 8.11. The van der Waals surface area contributed by atoms with Gasteiger partial charge in [0.2, 0.25) is 0 Å². The monoisotopic (exact) mass is 222 g/mol. The molecule has 0 aromatic carbocycles. The Morgan fingerprint density at radius 3 is 2.33 bits per heavy atom. The molecular weight excluding hydrogens is 208 g/mol. The molecule has 1 aliphatic heterocycles. The van der Waals surface area contributed by atoms with Crippen LogP contribution in [0.15, 0.2) is 0 Å². The first-order valence-electron chi connectivity index (χ1n) is 4.44. The summed E-state index contributed by atoms with van der Waals surface area (Å²) in [6.45, 7) is 0.883. The van der Waals surface area contributed by atoms with Crippen molar-refractivity contribution >= 4 is 5.97 Å². The number of hydrogen-bond donors (Lipinski definition) is 4. The Bertz CT molecular complexity index is 231. The first-order valence-corrected chi connectivity index (χ1v) is 4.44. The molecule has 0 aromatic rings. The van der Waals surface area contributed by atoms with Gasteiger partial charge >= 0.3 is 5.97 Å². The van der Waals surface area contributed by atoms with E-state index in [4.69, 9.17) is 14.9 Å². The first kappa shape index (κ1) is 12.3. The van der Waals surface area contributed by atoms with E-state index >= 15 is 0 Å². The average molecular weight is 222 g/mol. The summed E-state index contributed by atoms with van der Waals surface area (Å²) in [5, 5.41) is 36.9. The minimum absolute atomic E-state index is 0.294. The second-order valence-corrected chi connectivity index (χ2v) is 3.34. The largest absolute Gasteiger partial charge is 0.463 e. The molecule has 1 saturated heterocycles. The number of aliphatic hydroxyl groups is 4. The van der Waals surface area contributed by atoms with Crippen LogP contribution in [0.25, 0.3) is 0 Å². The fourth-order valence-electron chi connectivity index (χ4n) is 1.27. The van der Waals surface area contributed by atoms with Crippen LogP contribution in [0.1, 0.15) is 6.92 Å². The summed E-state index contributed by atoms with van der Waals surface area (Å²) < 4.78 is 9.31. The van der Waals surface area contributed by atoms with E-state index in [9.17, 15) is 15.0 Å². The smallest absolute Gasteiger partial charge is 0.302 e. The van der Waals surface area contributed by atoms with Gasteiger partial charge < -0.3 is 29.9 Å². The number of ether oxygens (including phenoxy) is 2. The third-order valence-corrected chi connectivity index (χ3v) is 2.14.